The van der Waals surface area contributed by atoms with Gasteiger partial charge in [0, 0.05) is 6.54 Å². The summed E-state index contributed by atoms with van der Waals surface area (Å²) in [6.45, 7) is 1.59. The average molecular weight is 216 g/mol. The van der Waals surface area contributed by atoms with Gasteiger partial charge in [0.2, 0.25) is 6.79 Å². The molecule has 0 aromatic heterocycles. The van der Waals surface area contributed by atoms with Crippen LogP contribution in [0.25, 0.3) is 0 Å². The first kappa shape index (κ1) is 11.6. The maximum absolute atomic E-state index is 11.1. The van der Waals surface area contributed by atoms with Crippen molar-refractivity contribution in [2.24, 2.45) is 0 Å². The van der Waals surface area contributed by atoms with Crippen LogP contribution in [0.15, 0.2) is 12.2 Å². The molecule has 0 aromatic carbocycles. The lowest BCUT2D eigenvalue weighted by molar-refractivity contribution is 0.0286. The molecule has 0 spiro atoms. The molecule has 6 nitrogen and oxygen atoms in total. The first-order valence-corrected chi connectivity index (χ1v) is 4.73. The van der Waals surface area contributed by atoms with Gasteiger partial charge in [-0.25, -0.2) is 4.79 Å². The molecule has 0 aromatic rings. The molecule has 0 unspecified atom stereocenters. The number of ether oxygens (including phenoxy) is 3. The van der Waals surface area contributed by atoms with E-state index in [1.165, 1.54) is 6.26 Å². The van der Waals surface area contributed by atoms with Crippen molar-refractivity contribution in [2.75, 3.05) is 34.0 Å². The van der Waals surface area contributed by atoms with E-state index in [1.807, 2.05) is 19.0 Å². The molecule has 6 heteroatoms. The van der Waals surface area contributed by atoms with E-state index in [4.69, 9.17) is 14.2 Å². The van der Waals surface area contributed by atoms with E-state index >= 15 is 0 Å². The van der Waals surface area contributed by atoms with Crippen LogP contribution in [0.4, 0.5) is 4.79 Å². The summed E-state index contributed by atoms with van der Waals surface area (Å²) in [7, 11) is 3.96. The predicted molar refractivity (Wildman–Crippen MR) is 52.8 cm³/mol. The van der Waals surface area contributed by atoms with Crippen molar-refractivity contribution in [1.29, 1.82) is 0 Å². The summed E-state index contributed by atoms with van der Waals surface area (Å²) >= 11 is 0. The third-order valence-electron chi connectivity index (χ3n) is 1.69. The summed E-state index contributed by atoms with van der Waals surface area (Å²) in [5.41, 5.74) is 0. The minimum atomic E-state index is -0.523. The van der Waals surface area contributed by atoms with Gasteiger partial charge in [-0.15, -0.1) is 0 Å². The standard InChI is InChI=1S/C9H16N2O4/c1-11(2)5-3-4-10-9(12)15-8-6-13-7-14-8/h6H,3-5,7H2,1-2H3,(H,10,12). The molecule has 1 aliphatic heterocycles. The number of nitrogens with zero attached hydrogens (tertiary/aromatic N) is 1. The second-order valence-electron chi connectivity index (χ2n) is 3.34. The maximum atomic E-state index is 11.1. The fourth-order valence-electron chi connectivity index (χ4n) is 0.995. The van der Waals surface area contributed by atoms with E-state index in [0.717, 1.165) is 13.0 Å². The highest BCUT2D eigenvalue weighted by atomic mass is 16.8. The fraction of sp³-hybridized carbons (Fsp3) is 0.667. The topological polar surface area (TPSA) is 60.0 Å². The summed E-state index contributed by atoms with van der Waals surface area (Å²) in [5, 5.41) is 2.60. The fourth-order valence-corrected chi connectivity index (χ4v) is 0.995. The van der Waals surface area contributed by atoms with Crippen LogP contribution in [-0.4, -0.2) is 45.0 Å². The number of hydrogen-bond acceptors (Lipinski definition) is 5. The monoisotopic (exact) mass is 216 g/mol. The van der Waals surface area contributed by atoms with Crippen LogP contribution in [0, 0.1) is 0 Å². The van der Waals surface area contributed by atoms with Crippen LogP contribution in [0.5, 0.6) is 0 Å². The van der Waals surface area contributed by atoms with Crippen molar-refractivity contribution in [3.63, 3.8) is 0 Å². The minimum absolute atomic E-state index is 0.0973. The van der Waals surface area contributed by atoms with Crippen LogP contribution >= 0.6 is 0 Å². The van der Waals surface area contributed by atoms with Crippen LogP contribution in [0.2, 0.25) is 0 Å². The Morgan fingerprint density at radius 2 is 2.47 bits per heavy atom. The quantitative estimate of drug-likeness (QED) is 0.677. The third-order valence-corrected chi connectivity index (χ3v) is 1.69. The van der Waals surface area contributed by atoms with E-state index in [-0.39, 0.29) is 12.7 Å². The van der Waals surface area contributed by atoms with Gasteiger partial charge < -0.3 is 24.4 Å². The molecule has 0 atom stereocenters. The molecular weight excluding hydrogens is 200 g/mol. The van der Waals surface area contributed by atoms with Crippen molar-refractivity contribution in [3.8, 4) is 0 Å². The number of amides is 1. The molecule has 0 saturated heterocycles. The van der Waals surface area contributed by atoms with Crippen molar-refractivity contribution in [2.45, 2.75) is 6.42 Å². The highest BCUT2D eigenvalue weighted by molar-refractivity contribution is 5.68. The van der Waals surface area contributed by atoms with Gasteiger partial charge in [0.1, 0.15) is 0 Å². The zero-order chi connectivity index (χ0) is 11.1. The Bertz CT molecular complexity index is 240. The second-order valence-corrected chi connectivity index (χ2v) is 3.34. The van der Waals surface area contributed by atoms with Gasteiger partial charge in [0.25, 0.3) is 0 Å². The zero-order valence-electron chi connectivity index (χ0n) is 8.99. The van der Waals surface area contributed by atoms with Gasteiger partial charge in [-0.1, -0.05) is 0 Å². The number of rotatable bonds is 5. The van der Waals surface area contributed by atoms with E-state index in [0.29, 0.717) is 6.54 Å². The molecule has 1 heterocycles. The highest BCUT2D eigenvalue weighted by Crippen LogP contribution is 2.07. The zero-order valence-corrected chi connectivity index (χ0v) is 8.99. The Morgan fingerprint density at radius 1 is 1.67 bits per heavy atom. The van der Waals surface area contributed by atoms with Crippen LogP contribution in [0.3, 0.4) is 0 Å². The Labute approximate surface area is 88.8 Å². The third kappa shape index (κ3) is 5.11. The number of nitrogens with one attached hydrogen (secondary N) is 1. The van der Waals surface area contributed by atoms with Crippen molar-refractivity contribution in [3.05, 3.63) is 12.2 Å². The molecule has 0 saturated carbocycles. The summed E-state index contributed by atoms with van der Waals surface area (Å²) in [6.07, 6.45) is 1.61. The summed E-state index contributed by atoms with van der Waals surface area (Å²) in [6, 6.07) is 0. The summed E-state index contributed by atoms with van der Waals surface area (Å²) in [4.78, 5) is 13.2. The van der Waals surface area contributed by atoms with Gasteiger partial charge in [-0.3, -0.25) is 0 Å². The molecular formula is C9H16N2O4. The lowest BCUT2D eigenvalue weighted by Gasteiger charge is -2.09. The van der Waals surface area contributed by atoms with Gasteiger partial charge in [-0.2, -0.15) is 0 Å². The number of alkyl carbamates (subject to hydrolysis) is 1. The van der Waals surface area contributed by atoms with Gasteiger partial charge in [0.05, 0.1) is 0 Å². The molecule has 1 aliphatic rings. The minimum Gasteiger partial charge on any atom is -0.458 e. The first-order valence-electron chi connectivity index (χ1n) is 4.73. The van der Waals surface area contributed by atoms with Crippen molar-refractivity contribution >= 4 is 6.09 Å². The summed E-state index contributed by atoms with van der Waals surface area (Å²) in [5.74, 6) is 0.0973. The smallest absolute Gasteiger partial charge is 0.415 e. The molecule has 15 heavy (non-hydrogen) atoms. The van der Waals surface area contributed by atoms with Gasteiger partial charge in [-0.05, 0) is 27.1 Å². The normalized spacial score (nSPS) is 14.2. The molecule has 0 radical (unpaired) electrons. The predicted octanol–water partition coefficient (Wildman–Crippen LogP) is 0.468. The number of hydrogen-bond donors (Lipinski definition) is 1. The Balaban J connectivity index is 2.03. The van der Waals surface area contributed by atoms with Crippen molar-refractivity contribution in [1.82, 2.24) is 10.2 Å². The van der Waals surface area contributed by atoms with Crippen molar-refractivity contribution < 1.29 is 19.0 Å². The van der Waals surface area contributed by atoms with Crippen LogP contribution < -0.4 is 5.32 Å². The lowest BCUT2D eigenvalue weighted by atomic mass is 10.4. The molecule has 1 N–H and O–H groups in total. The molecule has 1 amide bonds. The molecule has 0 fully saturated rings. The molecule has 0 bridgehead atoms. The molecule has 1 rings (SSSR count). The highest BCUT2D eigenvalue weighted by Gasteiger charge is 2.12. The van der Waals surface area contributed by atoms with E-state index in [9.17, 15) is 4.79 Å². The Morgan fingerprint density at radius 3 is 3.07 bits per heavy atom. The maximum Gasteiger partial charge on any atom is 0.415 e. The summed E-state index contributed by atoms with van der Waals surface area (Å²) < 4.78 is 14.3. The first-order chi connectivity index (χ1) is 7.18. The van der Waals surface area contributed by atoms with E-state index in [2.05, 4.69) is 5.32 Å². The van der Waals surface area contributed by atoms with Gasteiger partial charge in [0.15, 0.2) is 6.26 Å². The Hall–Kier alpha value is -1.43. The SMILES string of the molecule is CN(C)CCCNC(=O)OC1=COCO1. The number of carbonyl (C=O) groups is 1. The lowest BCUT2D eigenvalue weighted by Crippen LogP contribution is -2.27. The van der Waals surface area contributed by atoms with Gasteiger partial charge >= 0.3 is 12.0 Å². The Kier molecular flexibility index (Phi) is 4.76. The second kappa shape index (κ2) is 6.13. The average Bonchev–Trinajstić information content (AvgIpc) is 2.64. The van der Waals surface area contributed by atoms with Crippen LogP contribution in [0.1, 0.15) is 6.42 Å². The largest absolute Gasteiger partial charge is 0.458 e. The number of carbonyl (C=O) groups excluding carboxylic acids is 1. The molecule has 86 valence electrons. The van der Waals surface area contributed by atoms with Crippen LogP contribution in [-0.2, 0) is 14.2 Å². The van der Waals surface area contributed by atoms with E-state index < -0.39 is 6.09 Å². The van der Waals surface area contributed by atoms with E-state index in [1.54, 1.807) is 0 Å². The molecule has 0 aliphatic carbocycles.